The zero-order valence-corrected chi connectivity index (χ0v) is 10.9. The van der Waals surface area contributed by atoms with Gasteiger partial charge in [0.25, 0.3) is 0 Å². The molecule has 17 heavy (non-hydrogen) atoms. The molecule has 0 bridgehead atoms. The van der Waals surface area contributed by atoms with Crippen LogP contribution in [0.5, 0.6) is 5.75 Å². The van der Waals surface area contributed by atoms with Crippen molar-refractivity contribution in [1.82, 2.24) is 0 Å². The van der Waals surface area contributed by atoms with Gasteiger partial charge < -0.3 is 10.5 Å². The average molecular weight is 233 g/mol. The Morgan fingerprint density at radius 3 is 2.53 bits per heavy atom. The highest BCUT2D eigenvalue weighted by molar-refractivity contribution is 5.38. The summed E-state index contributed by atoms with van der Waals surface area (Å²) in [7, 11) is 1.74. The third kappa shape index (κ3) is 2.81. The van der Waals surface area contributed by atoms with Crippen molar-refractivity contribution in [2.45, 2.75) is 51.0 Å². The van der Waals surface area contributed by atoms with E-state index < -0.39 is 0 Å². The molecule has 1 aromatic rings. The Balaban J connectivity index is 2.16. The van der Waals surface area contributed by atoms with E-state index in [-0.39, 0.29) is 0 Å². The van der Waals surface area contributed by atoms with Gasteiger partial charge in [0.05, 0.1) is 7.11 Å². The highest BCUT2D eigenvalue weighted by atomic mass is 16.5. The normalized spacial score (nSPS) is 24.6. The van der Waals surface area contributed by atoms with Crippen LogP contribution in [0.1, 0.15) is 49.7 Å². The van der Waals surface area contributed by atoms with Gasteiger partial charge in [0.2, 0.25) is 0 Å². The fraction of sp³-hybridized carbons (Fsp3) is 0.600. The Hall–Kier alpha value is -1.02. The summed E-state index contributed by atoms with van der Waals surface area (Å²) >= 11 is 0. The molecule has 0 aromatic heterocycles. The largest absolute Gasteiger partial charge is 0.496 e. The minimum atomic E-state index is 0.426. The molecule has 1 aliphatic carbocycles. The van der Waals surface area contributed by atoms with Crippen molar-refractivity contribution < 1.29 is 4.74 Å². The summed E-state index contributed by atoms with van der Waals surface area (Å²) in [5, 5.41) is 0. The number of aryl methyl sites for hydroxylation is 1. The van der Waals surface area contributed by atoms with Crippen LogP contribution in [0.3, 0.4) is 0 Å². The van der Waals surface area contributed by atoms with E-state index in [0.717, 1.165) is 25.0 Å². The van der Waals surface area contributed by atoms with E-state index in [4.69, 9.17) is 10.5 Å². The summed E-state index contributed by atoms with van der Waals surface area (Å²) in [5.41, 5.74) is 8.74. The second kappa shape index (κ2) is 5.54. The predicted molar refractivity (Wildman–Crippen MR) is 71.6 cm³/mol. The lowest BCUT2D eigenvalue weighted by atomic mass is 9.81. The van der Waals surface area contributed by atoms with Gasteiger partial charge in [-0.1, -0.05) is 19.1 Å². The van der Waals surface area contributed by atoms with Gasteiger partial charge in [0, 0.05) is 6.04 Å². The molecule has 0 unspecified atom stereocenters. The molecule has 1 saturated carbocycles. The SMILES string of the molecule is CCc1cc(C2CCC(N)CC2)ccc1OC. The maximum Gasteiger partial charge on any atom is 0.122 e. The van der Waals surface area contributed by atoms with Gasteiger partial charge in [0.15, 0.2) is 0 Å². The molecule has 0 heterocycles. The summed E-state index contributed by atoms with van der Waals surface area (Å²) < 4.78 is 5.38. The molecule has 2 heteroatoms. The summed E-state index contributed by atoms with van der Waals surface area (Å²) in [4.78, 5) is 0. The van der Waals surface area contributed by atoms with Gasteiger partial charge in [0.1, 0.15) is 5.75 Å². The summed E-state index contributed by atoms with van der Waals surface area (Å²) in [5.74, 6) is 1.72. The zero-order chi connectivity index (χ0) is 12.3. The molecule has 0 atom stereocenters. The number of ether oxygens (including phenoxy) is 1. The van der Waals surface area contributed by atoms with Crippen molar-refractivity contribution >= 4 is 0 Å². The highest BCUT2D eigenvalue weighted by Gasteiger charge is 2.20. The van der Waals surface area contributed by atoms with Crippen LogP contribution < -0.4 is 10.5 Å². The number of rotatable bonds is 3. The molecule has 2 nitrogen and oxygen atoms in total. The highest BCUT2D eigenvalue weighted by Crippen LogP contribution is 2.34. The summed E-state index contributed by atoms with van der Waals surface area (Å²) in [6, 6.07) is 7.08. The maximum atomic E-state index is 5.96. The number of methoxy groups -OCH3 is 1. The van der Waals surface area contributed by atoms with Crippen LogP contribution in [-0.4, -0.2) is 13.2 Å². The first kappa shape index (κ1) is 12.4. The van der Waals surface area contributed by atoms with Crippen LogP contribution in [-0.2, 0) is 6.42 Å². The molecular weight excluding hydrogens is 210 g/mol. The van der Waals surface area contributed by atoms with Gasteiger partial charge in [-0.25, -0.2) is 0 Å². The van der Waals surface area contributed by atoms with E-state index in [9.17, 15) is 0 Å². The van der Waals surface area contributed by atoms with Crippen molar-refractivity contribution in [3.8, 4) is 5.75 Å². The zero-order valence-electron chi connectivity index (χ0n) is 10.9. The Morgan fingerprint density at radius 2 is 1.94 bits per heavy atom. The smallest absolute Gasteiger partial charge is 0.122 e. The standard InChI is InChI=1S/C15H23NO/c1-3-11-10-13(6-9-15(11)17-2)12-4-7-14(16)8-5-12/h6,9-10,12,14H,3-5,7-8,16H2,1-2H3. The first-order valence-corrected chi connectivity index (χ1v) is 6.67. The fourth-order valence-corrected chi connectivity index (χ4v) is 2.78. The van der Waals surface area contributed by atoms with E-state index in [1.165, 1.54) is 24.0 Å². The van der Waals surface area contributed by atoms with Crippen LogP contribution >= 0.6 is 0 Å². The molecule has 1 aliphatic rings. The molecule has 0 radical (unpaired) electrons. The molecule has 1 fully saturated rings. The molecule has 0 spiro atoms. The van der Waals surface area contributed by atoms with Gasteiger partial charge in [-0.3, -0.25) is 0 Å². The van der Waals surface area contributed by atoms with E-state index in [2.05, 4.69) is 25.1 Å². The van der Waals surface area contributed by atoms with Crippen LogP contribution in [0.2, 0.25) is 0 Å². The lowest BCUT2D eigenvalue weighted by Crippen LogP contribution is -2.25. The number of nitrogens with two attached hydrogens (primary N) is 1. The third-order valence-electron chi connectivity index (χ3n) is 3.93. The maximum absolute atomic E-state index is 5.96. The Bertz CT molecular complexity index is 367. The van der Waals surface area contributed by atoms with E-state index in [1.807, 2.05) is 0 Å². The molecule has 0 saturated heterocycles. The second-order valence-electron chi connectivity index (χ2n) is 5.04. The Kier molecular flexibility index (Phi) is 4.06. The fourth-order valence-electron chi connectivity index (χ4n) is 2.78. The van der Waals surface area contributed by atoms with E-state index in [1.54, 1.807) is 7.11 Å². The van der Waals surface area contributed by atoms with Crippen LogP contribution in [0, 0.1) is 0 Å². The summed E-state index contributed by atoms with van der Waals surface area (Å²) in [6.45, 7) is 2.18. The minimum absolute atomic E-state index is 0.426. The third-order valence-corrected chi connectivity index (χ3v) is 3.93. The predicted octanol–water partition coefficient (Wildman–Crippen LogP) is 3.24. The topological polar surface area (TPSA) is 35.2 Å². The van der Waals surface area contributed by atoms with Crippen molar-refractivity contribution in [2.75, 3.05) is 7.11 Å². The molecule has 2 N–H and O–H groups in total. The van der Waals surface area contributed by atoms with E-state index >= 15 is 0 Å². The first-order chi connectivity index (χ1) is 8.24. The van der Waals surface area contributed by atoms with Gasteiger partial charge >= 0.3 is 0 Å². The molecule has 0 amide bonds. The molecular formula is C15H23NO. The van der Waals surface area contributed by atoms with Crippen LogP contribution in [0.4, 0.5) is 0 Å². The monoisotopic (exact) mass is 233 g/mol. The van der Waals surface area contributed by atoms with Gasteiger partial charge in [-0.05, 0) is 55.2 Å². The quantitative estimate of drug-likeness (QED) is 0.870. The number of benzene rings is 1. The van der Waals surface area contributed by atoms with Crippen LogP contribution in [0.25, 0.3) is 0 Å². The molecule has 94 valence electrons. The van der Waals surface area contributed by atoms with Crippen molar-refractivity contribution in [3.05, 3.63) is 29.3 Å². The van der Waals surface area contributed by atoms with Gasteiger partial charge in [-0.2, -0.15) is 0 Å². The molecule has 2 rings (SSSR count). The van der Waals surface area contributed by atoms with Crippen molar-refractivity contribution in [2.24, 2.45) is 5.73 Å². The summed E-state index contributed by atoms with van der Waals surface area (Å²) in [6.07, 6.45) is 5.83. The average Bonchev–Trinajstić information content (AvgIpc) is 2.39. The number of hydrogen-bond acceptors (Lipinski definition) is 2. The Morgan fingerprint density at radius 1 is 1.24 bits per heavy atom. The Labute approximate surface area is 104 Å². The van der Waals surface area contributed by atoms with Gasteiger partial charge in [-0.15, -0.1) is 0 Å². The molecule has 1 aromatic carbocycles. The minimum Gasteiger partial charge on any atom is -0.496 e. The molecule has 0 aliphatic heterocycles. The first-order valence-electron chi connectivity index (χ1n) is 6.67. The van der Waals surface area contributed by atoms with Crippen LogP contribution in [0.15, 0.2) is 18.2 Å². The lowest BCUT2D eigenvalue weighted by molar-refractivity contribution is 0.392. The van der Waals surface area contributed by atoms with E-state index in [0.29, 0.717) is 12.0 Å². The lowest BCUT2D eigenvalue weighted by Gasteiger charge is -2.27. The second-order valence-corrected chi connectivity index (χ2v) is 5.04. The van der Waals surface area contributed by atoms with Crippen molar-refractivity contribution in [1.29, 1.82) is 0 Å². The van der Waals surface area contributed by atoms with Crippen molar-refractivity contribution in [3.63, 3.8) is 0 Å². The number of hydrogen-bond donors (Lipinski definition) is 1.